The van der Waals surface area contributed by atoms with Crippen molar-refractivity contribution in [1.82, 2.24) is 5.32 Å². The first-order valence-corrected chi connectivity index (χ1v) is 9.23. The second-order valence-electron chi connectivity index (χ2n) is 6.71. The van der Waals surface area contributed by atoms with E-state index in [0.29, 0.717) is 39.6 Å². The number of carbonyl (C=O) groups is 4. The lowest BCUT2D eigenvalue weighted by Crippen LogP contribution is -2.34. The molecular weight excluding hydrogens is 390 g/mol. The van der Waals surface area contributed by atoms with Gasteiger partial charge in [0.05, 0.1) is 46.1 Å². The molecular formula is C18H31NO10. The van der Waals surface area contributed by atoms with Gasteiger partial charge >= 0.3 is 18.0 Å². The maximum atomic E-state index is 11.4. The van der Waals surface area contributed by atoms with E-state index in [9.17, 15) is 19.2 Å². The number of ketones is 1. The van der Waals surface area contributed by atoms with Crippen molar-refractivity contribution in [2.75, 3.05) is 52.8 Å². The fourth-order valence-electron chi connectivity index (χ4n) is 1.69. The fraction of sp³-hybridized carbons (Fsp3) is 0.778. The van der Waals surface area contributed by atoms with E-state index < -0.39 is 29.4 Å². The zero-order valence-corrected chi connectivity index (χ0v) is 17.2. The molecule has 0 aliphatic carbocycles. The topological polar surface area (TPSA) is 147 Å². The number of Topliss-reactive ketones (excluding diaryl/α,β-unsaturated/α-hetero) is 1. The molecule has 0 aromatic rings. The van der Waals surface area contributed by atoms with Crippen LogP contribution in [0.5, 0.6) is 0 Å². The van der Waals surface area contributed by atoms with Crippen molar-refractivity contribution in [2.24, 2.45) is 0 Å². The quantitative estimate of drug-likeness (QED) is 0.205. The second kappa shape index (κ2) is 15.7. The fourth-order valence-corrected chi connectivity index (χ4v) is 1.69. The highest BCUT2D eigenvalue weighted by Crippen LogP contribution is 2.06. The molecule has 29 heavy (non-hydrogen) atoms. The number of carboxylic acid groups (broad SMARTS) is 1. The number of esters is 1. The Hall–Kier alpha value is -2.24. The lowest BCUT2D eigenvalue weighted by Gasteiger charge is -2.19. The lowest BCUT2D eigenvalue weighted by atomic mass is 10.2. The highest BCUT2D eigenvalue weighted by molar-refractivity contribution is 6.32. The molecule has 0 bridgehead atoms. The minimum Gasteiger partial charge on any atom is -0.476 e. The molecule has 2 N–H and O–H groups in total. The summed E-state index contributed by atoms with van der Waals surface area (Å²) in [4.78, 5) is 43.7. The molecule has 0 fully saturated rings. The third-order valence-electron chi connectivity index (χ3n) is 2.94. The number of carboxylic acids is 1. The van der Waals surface area contributed by atoms with Gasteiger partial charge < -0.3 is 34.1 Å². The van der Waals surface area contributed by atoms with E-state index in [0.717, 1.165) is 0 Å². The number of rotatable bonds is 16. The number of amides is 1. The number of alkyl carbamates (subject to hydrolysis) is 1. The van der Waals surface area contributed by atoms with Gasteiger partial charge in [0.25, 0.3) is 0 Å². The highest BCUT2D eigenvalue weighted by atomic mass is 16.6. The average Bonchev–Trinajstić information content (AvgIpc) is 2.61. The van der Waals surface area contributed by atoms with Crippen LogP contribution in [-0.4, -0.2) is 87.3 Å². The summed E-state index contributed by atoms with van der Waals surface area (Å²) in [5.41, 5.74) is -0.537. The van der Waals surface area contributed by atoms with Gasteiger partial charge in [0.2, 0.25) is 5.78 Å². The van der Waals surface area contributed by atoms with Crippen LogP contribution in [0.1, 0.15) is 33.6 Å². The normalized spacial score (nSPS) is 11.0. The monoisotopic (exact) mass is 421 g/mol. The number of hydrogen-bond acceptors (Lipinski definition) is 9. The number of nitrogens with one attached hydrogen (secondary N) is 1. The van der Waals surface area contributed by atoms with E-state index in [-0.39, 0.29) is 26.1 Å². The summed E-state index contributed by atoms with van der Waals surface area (Å²) in [6, 6.07) is 0. The first-order chi connectivity index (χ1) is 13.6. The Morgan fingerprint density at radius 2 is 1.31 bits per heavy atom. The molecule has 11 heteroatoms. The molecule has 11 nitrogen and oxygen atoms in total. The first-order valence-electron chi connectivity index (χ1n) is 9.23. The van der Waals surface area contributed by atoms with E-state index in [1.54, 1.807) is 20.8 Å². The van der Waals surface area contributed by atoms with E-state index in [4.69, 9.17) is 28.8 Å². The molecule has 0 heterocycles. The van der Waals surface area contributed by atoms with Gasteiger partial charge in [-0.2, -0.15) is 0 Å². The second-order valence-corrected chi connectivity index (χ2v) is 6.71. The summed E-state index contributed by atoms with van der Waals surface area (Å²) >= 11 is 0. The van der Waals surface area contributed by atoms with Crippen molar-refractivity contribution >= 4 is 23.8 Å². The Bertz CT molecular complexity index is 515. The number of ether oxygens (including phenoxy) is 5. The zero-order chi connectivity index (χ0) is 22.1. The van der Waals surface area contributed by atoms with Gasteiger partial charge in [-0.05, 0) is 20.8 Å². The number of carbonyl (C=O) groups excluding carboxylic acids is 3. The van der Waals surface area contributed by atoms with Crippen molar-refractivity contribution in [1.29, 1.82) is 0 Å². The van der Waals surface area contributed by atoms with Gasteiger partial charge in [-0.15, -0.1) is 0 Å². The van der Waals surface area contributed by atoms with Gasteiger partial charge in [-0.25, -0.2) is 9.59 Å². The maximum Gasteiger partial charge on any atom is 0.407 e. The van der Waals surface area contributed by atoms with E-state index >= 15 is 0 Å². The van der Waals surface area contributed by atoms with Crippen LogP contribution >= 0.6 is 0 Å². The Kier molecular flexibility index (Phi) is 14.4. The number of aliphatic carboxylic acids is 1. The van der Waals surface area contributed by atoms with Crippen LogP contribution in [0.3, 0.4) is 0 Å². The average molecular weight is 421 g/mol. The molecule has 0 saturated heterocycles. The predicted octanol–water partition coefficient (Wildman–Crippen LogP) is 0.538. The summed E-state index contributed by atoms with van der Waals surface area (Å²) in [5.74, 6) is -3.25. The van der Waals surface area contributed by atoms with Crippen molar-refractivity contribution in [3.05, 3.63) is 0 Å². The van der Waals surface area contributed by atoms with Crippen LogP contribution in [0.25, 0.3) is 0 Å². The molecule has 0 spiro atoms. The van der Waals surface area contributed by atoms with Crippen LogP contribution < -0.4 is 5.32 Å². The van der Waals surface area contributed by atoms with E-state index in [1.165, 1.54) is 0 Å². The highest BCUT2D eigenvalue weighted by Gasteiger charge is 2.15. The van der Waals surface area contributed by atoms with Gasteiger partial charge in [0.15, 0.2) is 0 Å². The lowest BCUT2D eigenvalue weighted by molar-refractivity contribution is -0.151. The van der Waals surface area contributed by atoms with Gasteiger partial charge in [0.1, 0.15) is 12.2 Å². The number of hydrogen-bond donors (Lipinski definition) is 2. The summed E-state index contributed by atoms with van der Waals surface area (Å²) in [5, 5.41) is 10.9. The largest absolute Gasteiger partial charge is 0.476 e. The van der Waals surface area contributed by atoms with Crippen LogP contribution in [0, 0.1) is 0 Å². The van der Waals surface area contributed by atoms with Crippen molar-refractivity contribution in [3.63, 3.8) is 0 Å². The summed E-state index contributed by atoms with van der Waals surface area (Å²) in [6.45, 7) is 7.55. The summed E-state index contributed by atoms with van der Waals surface area (Å²) in [6.07, 6.45) is -1.15. The third kappa shape index (κ3) is 18.9. The molecule has 168 valence electrons. The van der Waals surface area contributed by atoms with Crippen LogP contribution in [0.15, 0.2) is 0 Å². The van der Waals surface area contributed by atoms with Crippen molar-refractivity contribution in [2.45, 2.75) is 39.2 Å². The van der Waals surface area contributed by atoms with Crippen molar-refractivity contribution in [3.8, 4) is 0 Å². The van der Waals surface area contributed by atoms with Gasteiger partial charge in [-0.1, -0.05) is 0 Å². The van der Waals surface area contributed by atoms with Crippen LogP contribution in [-0.2, 0) is 38.1 Å². The molecule has 1 amide bonds. The molecule has 0 rings (SSSR count). The Morgan fingerprint density at radius 1 is 0.793 bits per heavy atom. The van der Waals surface area contributed by atoms with Crippen molar-refractivity contribution < 1.29 is 48.0 Å². The maximum absolute atomic E-state index is 11.4. The molecule has 0 saturated carbocycles. The summed E-state index contributed by atoms with van der Waals surface area (Å²) in [7, 11) is 0. The zero-order valence-electron chi connectivity index (χ0n) is 17.2. The van der Waals surface area contributed by atoms with Crippen LogP contribution in [0.4, 0.5) is 4.79 Å². The molecule has 0 aromatic carbocycles. The standard InChI is InChI=1S/C18H31NO10/c1-18(2,3)29-17(24)19-6-7-25-8-9-26-10-11-27-12-13-28-15(21)5-4-14(20)16(22)23/h4-13H2,1-3H3,(H,19,24)(H,22,23). The van der Waals surface area contributed by atoms with Gasteiger partial charge in [-0.3, -0.25) is 9.59 Å². The minimum absolute atomic E-state index is 0.00779. The molecule has 0 aliphatic heterocycles. The first kappa shape index (κ1) is 26.8. The third-order valence-corrected chi connectivity index (χ3v) is 2.94. The molecule has 0 aromatic heterocycles. The molecule has 0 radical (unpaired) electrons. The summed E-state index contributed by atoms with van der Waals surface area (Å²) < 4.78 is 25.6. The Balaban J connectivity index is 3.34. The minimum atomic E-state index is -1.57. The smallest absolute Gasteiger partial charge is 0.407 e. The van der Waals surface area contributed by atoms with E-state index in [2.05, 4.69) is 5.32 Å². The van der Waals surface area contributed by atoms with Gasteiger partial charge in [0, 0.05) is 13.0 Å². The molecule has 0 unspecified atom stereocenters. The van der Waals surface area contributed by atoms with E-state index in [1.807, 2.05) is 0 Å². The Labute approximate surface area is 170 Å². The molecule has 0 atom stereocenters. The van der Waals surface area contributed by atoms with Crippen LogP contribution in [0.2, 0.25) is 0 Å². The Morgan fingerprint density at radius 3 is 1.83 bits per heavy atom. The SMILES string of the molecule is CC(C)(C)OC(=O)NCCOCCOCCOCCOC(=O)CCC(=O)C(=O)O. The molecule has 0 aliphatic rings. The predicted molar refractivity (Wildman–Crippen MR) is 99.5 cm³/mol.